The lowest BCUT2D eigenvalue weighted by atomic mass is 10.1. The van der Waals surface area contributed by atoms with Crippen molar-refractivity contribution in [3.63, 3.8) is 0 Å². The van der Waals surface area contributed by atoms with Crippen LogP contribution in [0.25, 0.3) is 10.9 Å². The van der Waals surface area contributed by atoms with E-state index in [2.05, 4.69) is 31.9 Å². The predicted octanol–water partition coefficient (Wildman–Crippen LogP) is 5.18. The molecule has 0 spiro atoms. The van der Waals surface area contributed by atoms with E-state index in [0.29, 0.717) is 16.6 Å². The summed E-state index contributed by atoms with van der Waals surface area (Å²) in [4.78, 5) is 39.3. The summed E-state index contributed by atoms with van der Waals surface area (Å²) in [5, 5.41) is 0.655. The lowest BCUT2D eigenvalue weighted by Gasteiger charge is -2.27. The lowest BCUT2D eigenvalue weighted by Crippen LogP contribution is -2.40. The van der Waals surface area contributed by atoms with Crippen LogP contribution < -0.4 is 0 Å². The van der Waals surface area contributed by atoms with E-state index in [1.807, 2.05) is 12.1 Å². The molecule has 0 fully saturated rings. The van der Waals surface area contributed by atoms with Gasteiger partial charge < -0.3 is 18.8 Å². The summed E-state index contributed by atoms with van der Waals surface area (Å²) >= 11 is 7.01. The fourth-order valence-electron chi connectivity index (χ4n) is 3.23. The van der Waals surface area contributed by atoms with E-state index in [1.165, 1.54) is 4.90 Å². The van der Waals surface area contributed by atoms with Crippen LogP contribution in [0.15, 0.2) is 21.1 Å². The zero-order valence-electron chi connectivity index (χ0n) is 19.1. The van der Waals surface area contributed by atoms with Gasteiger partial charge in [-0.3, -0.25) is 9.69 Å². The van der Waals surface area contributed by atoms with Gasteiger partial charge in [-0.25, -0.2) is 9.59 Å². The summed E-state index contributed by atoms with van der Waals surface area (Å²) in [5.74, 6) is -1.09. The number of ether oxygens (including phenoxy) is 3. The van der Waals surface area contributed by atoms with Crippen molar-refractivity contribution in [1.82, 2.24) is 9.47 Å². The van der Waals surface area contributed by atoms with Crippen molar-refractivity contribution in [3.05, 3.63) is 32.3 Å². The van der Waals surface area contributed by atoms with E-state index >= 15 is 0 Å². The van der Waals surface area contributed by atoms with Gasteiger partial charge in [-0.2, -0.15) is 0 Å². The molecule has 0 saturated carbocycles. The Labute approximate surface area is 204 Å². The molecule has 0 N–H and O–H groups in total. The quantitative estimate of drug-likeness (QED) is 0.334. The second-order valence-electron chi connectivity index (χ2n) is 8.03. The second kappa shape index (κ2) is 10.7. The molecule has 2 aromatic rings. The molecule has 0 aliphatic carbocycles. The lowest BCUT2D eigenvalue weighted by molar-refractivity contribution is -0.144. The minimum Gasteiger partial charge on any atom is -0.465 e. The van der Waals surface area contributed by atoms with Gasteiger partial charge in [0.1, 0.15) is 12.1 Å². The molecule has 1 amide bonds. The number of halogens is 2. The summed E-state index contributed by atoms with van der Waals surface area (Å²) in [5.41, 5.74) is 0.823. The number of amides is 1. The van der Waals surface area contributed by atoms with Crippen LogP contribution >= 0.6 is 31.9 Å². The molecule has 1 aromatic carbocycles. The van der Waals surface area contributed by atoms with Crippen molar-refractivity contribution < 1.29 is 28.6 Å². The summed E-state index contributed by atoms with van der Waals surface area (Å²) in [6.07, 6.45) is -0.689. The first-order valence-electron chi connectivity index (χ1n) is 10.2. The Morgan fingerprint density at radius 2 is 1.69 bits per heavy atom. The Morgan fingerprint density at radius 3 is 2.25 bits per heavy atom. The predicted molar refractivity (Wildman–Crippen MR) is 128 cm³/mol. The first-order chi connectivity index (χ1) is 14.9. The van der Waals surface area contributed by atoms with Gasteiger partial charge in [-0.15, -0.1) is 0 Å². The largest absolute Gasteiger partial charge is 0.465 e. The van der Waals surface area contributed by atoms with Crippen LogP contribution in [0.5, 0.6) is 0 Å². The highest BCUT2D eigenvalue weighted by atomic mass is 79.9. The second-order valence-corrected chi connectivity index (χ2v) is 9.80. The van der Waals surface area contributed by atoms with Crippen molar-refractivity contribution in [2.24, 2.45) is 7.05 Å². The Bertz CT molecular complexity index is 1030. The molecule has 0 bridgehead atoms. The normalized spacial score (nSPS) is 11.4. The topological polar surface area (TPSA) is 87.1 Å². The van der Waals surface area contributed by atoms with Gasteiger partial charge in [0.25, 0.3) is 0 Å². The van der Waals surface area contributed by atoms with Crippen LogP contribution in [-0.4, -0.2) is 52.9 Å². The van der Waals surface area contributed by atoms with E-state index in [0.717, 1.165) is 14.5 Å². The fraction of sp³-hybridized carbons (Fsp3) is 0.500. The summed E-state index contributed by atoms with van der Waals surface area (Å²) < 4.78 is 19.2. The van der Waals surface area contributed by atoms with Gasteiger partial charge in [0.2, 0.25) is 0 Å². The molecule has 8 nitrogen and oxygen atoms in total. The third-order valence-electron chi connectivity index (χ3n) is 4.42. The standard InChI is InChI=1S/C22H28Br2N2O6/c1-7-30-17(27)12-26(21(29)32-22(3,4)5)11-16-18(20(28)31-8-2)14-9-13(23)10-15(24)19(14)25(16)6/h9-10H,7-8,11-12H2,1-6H3. The number of rotatable bonds is 7. The first-order valence-corrected chi connectivity index (χ1v) is 11.7. The zero-order chi connectivity index (χ0) is 24.2. The van der Waals surface area contributed by atoms with Crippen molar-refractivity contribution in [2.75, 3.05) is 19.8 Å². The maximum absolute atomic E-state index is 12.9. The van der Waals surface area contributed by atoms with Crippen LogP contribution in [0.4, 0.5) is 4.79 Å². The van der Waals surface area contributed by atoms with Crippen LogP contribution in [0, 0.1) is 0 Å². The molecule has 0 atom stereocenters. The third kappa shape index (κ3) is 6.25. The number of carbonyl (C=O) groups excluding carboxylic acids is 3. The molecule has 0 radical (unpaired) electrons. The number of carbonyl (C=O) groups is 3. The van der Waals surface area contributed by atoms with Crippen LogP contribution in [0.2, 0.25) is 0 Å². The van der Waals surface area contributed by atoms with Gasteiger partial charge in [0, 0.05) is 21.4 Å². The van der Waals surface area contributed by atoms with Crippen LogP contribution in [0.1, 0.15) is 50.7 Å². The number of benzene rings is 1. The average Bonchev–Trinajstić information content (AvgIpc) is 2.92. The van der Waals surface area contributed by atoms with Gasteiger partial charge in [-0.1, -0.05) is 15.9 Å². The van der Waals surface area contributed by atoms with E-state index in [9.17, 15) is 14.4 Å². The van der Waals surface area contributed by atoms with Crippen molar-refractivity contribution in [2.45, 2.75) is 46.8 Å². The summed E-state index contributed by atoms with van der Waals surface area (Å²) in [7, 11) is 1.79. The summed E-state index contributed by atoms with van der Waals surface area (Å²) in [6, 6.07) is 3.68. The number of nitrogens with zero attached hydrogens (tertiary/aromatic N) is 2. The minimum absolute atomic E-state index is 0.0584. The SMILES string of the molecule is CCOC(=O)CN(Cc1c(C(=O)OCC)c2cc(Br)cc(Br)c2n1C)C(=O)OC(C)(C)C. The molecule has 32 heavy (non-hydrogen) atoms. The van der Waals surface area contributed by atoms with E-state index < -0.39 is 23.6 Å². The van der Waals surface area contributed by atoms with Gasteiger partial charge in [0.15, 0.2) is 0 Å². The fourth-order valence-corrected chi connectivity index (χ4v) is 4.72. The molecular formula is C22H28Br2N2O6. The van der Waals surface area contributed by atoms with E-state index in [1.54, 1.807) is 46.2 Å². The zero-order valence-corrected chi connectivity index (χ0v) is 22.3. The smallest absolute Gasteiger partial charge is 0.411 e. The number of hydrogen-bond acceptors (Lipinski definition) is 6. The number of aromatic nitrogens is 1. The molecule has 0 aliphatic rings. The molecule has 1 heterocycles. The highest BCUT2D eigenvalue weighted by Gasteiger charge is 2.30. The maximum Gasteiger partial charge on any atom is 0.411 e. The maximum atomic E-state index is 12.9. The monoisotopic (exact) mass is 574 g/mol. The molecule has 176 valence electrons. The first kappa shape index (κ1) is 26.2. The number of hydrogen-bond donors (Lipinski definition) is 0. The van der Waals surface area contributed by atoms with Gasteiger partial charge in [-0.05, 0) is 62.7 Å². The molecule has 0 saturated heterocycles. The van der Waals surface area contributed by atoms with E-state index in [4.69, 9.17) is 14.2 Å². The van der Waals surface area contributed by atoms with Crippen LogP contribution in [0.3, 0.4) is 0 Å². The Morgan fingerprint density at radius 1 is 1.06 bits per heavy atom. The van der Waals surface area contributed by atoms with Crippen molar-refractivity contribution in [3.8, 4) is 0 Å². The molecule has 10 heteroatoms. The molecular weight excluding hydrogens is 548 g/mol. The molecule has 0 unspecified atom stereocenters. The third-order valence-corrected chi connectivity index (χ3v) is 5.49. The Balaban J connectivity index is 2.62. The number of esters is 2. The molecule has 2 rings (SSSR count). The van der Waals surface area contributed by atoms with Gasteiger partial charge >= 0.3 is 18.0 Å². The van der Waals surface area contributed by atoms with E-state index in [-0.39, 0.29) is 26.3 Å². The van der Waals surface area contributed by atoms with Gasteiger partial charge in [0.05, 0.1) is 36.5 Å². The summed E-state index contributed by atoms with van der Waals surface area (Å²) in [6.45, 7) is 8.63. The van der Waals surface area contributed by atoms with Crippen molar-refractivity contribution >= 4 is 60.8 Å². The molecule has 0 aliphatic heterocycles. The highest BCUT2D eigenvalue weighted by molar-refractivity contribution is 9.11. The minimum atomic E-state index is -0.763. The Kier molecular flexibility index (Phi) is 8.75. The van der Waals surface area contributed by atoms with Crippen LogP contribution in [-0.2, 0) is 32.6 Å². The van der Waals surface area contributed by atoms with Crippen molar-refractivity contribution in [1.29, 1.82) is 0 Å². The average molecular weight is 576 g/mol. The number of aryl methyl sites for hydroxylation is 1. The highest BCUT2D eigenvalue weighted by Crippen LogP contribution is 2.35. The molecule has 1 aromatic heterocycles. The Hall–Kier alpha value is -2.07. The number of fused-ring (bicyclic) bond motifs is 1.